The molecule has 0 spiro atoms. The van der Waals surface area contributed by atoms with Crippen LogP contribution in [0.15, 0.2) is 180 Å². The van der Waals surface area contributed by atoms with Gasteiger partial charge in [-0.15, -0.1) is 0 Å². The number of hydrogen-bond donors (Lipinski definition) is 0. The fraction of sp³-hybridized carbons (Fsp3) is 0.0465. The van der Waals surface area contributed by atoms with Crippen molar-refractivity contribution in [3.05, 3.63) is 208 Å². The molecule has 2 aliphatic heterocycles. The molecule has 0 saturated heterocycles. The Morgan fingerprint density at radius 2 is 1.33 bits per heavy atom. The van der Waals surface area contributed by atoms with Gasteiger partial charge in [-0.2, -0.15) is 5.10 Å². The number of rotatable bonds is 7. The molecular formula is C43H30N4O. The zero-order chi connectivity index (χ0) is 32.7. The zero-order valence-electron chi connectivity index (χ0n) is 26.1. The van der Waals surface area contributed by atoms with E-state index < -0.39 is 0 Å². The molecule has 228 valence electrons. The Morgan fingerprint density at radius 1 is 0.729 bits per heavy atom. The van der Waals surface area contributed by atoms with E-state index >= 15 is 0 Å². The van der Waals surface area contributed by atoms with Gasteiger partial charge >= 0.3 is 0 Å². The highest BCUT2D eigenvalue weighted by atomic mass is 16.5. The van der Waals surface area contributed by atoms with Crippen LogP contribution in [0.5, 0.6) is 0 Å². The molecule has 0 saturated carbocycles. The van der Waals surface area contributed by atoms with Gasteiger partial charge in [0.15, 0.2) is 0 Å². The maximum Gasteiger partial charge on any atom is 0.269 e. The van der Waals surface area contributed by atoms with Gasteiger partial charge in [-0.25, -0.2) is 10.1 Å². The summed E-state index contributed by atoms with van der Waals surface area (Å²) in [6, 6.07) is 49.6. The second-order valence-corrected chi connectivity index (χ2v) is 11.4. The summed E-state index contributed by atoms with van der Waals surface area (Å²) in [4.78, 5) is 3.41. The Labute approximate surface area is 280 Å². The predicted molar refractivity (Wildman–Crippen MR) is 193 cm³/mol. The van der Waals surface area contributed by atoms with Gasteiger partial charge in [-0.1, -0.05) is 133 Å². The topological polar surface area (TPSA) is 53.0 Å². The summed E-state index contributed by atoms with van der Waals surface area (Å²) < 4.78 is 6.19. The van der Waals surface area contributed by atoms with Gasteiger partial charge in [0.05, 0.1) is 30.1 Å². The van der Waals surface area contributed by atoms with E-state index in [0.717, 1.165) is 34.5 Å². The highest BCUT2D eigenvalue weighted by molar-refractivity contribution is 6.03. The molecule has 0 N–H and O–H groups in total. The van der Waals surface area contributed by atoms with Crippen molar-refractivity contribution in [2.45, 2.75) is 12.5 Å². The summed E-state index contributed by atoms with van der Waals surface area (Å²) in [6.45, 7) is 7.45. The first kappa shape index (κ1) is 30.0. The van der Waals surface area contributed by atoms with Gasteiger partial charge in [0, 0.05) is 12.0 Å². The van der Waals surface area contributed by atoms with E-state index in [2.05, 4.69) is 107 Å². The smallest absolute Gasteiger partial charge is 0.269 e. The molecule has 0 aromatic heterocycles. The first-order chi connectivity index (χ1) is 23.7. The maximum atomic E-state index is 9.53. The number of hydrazone groups is 1. The SMILES string of the molecule is [C-]#[N+]C(C#N)=C1C=C(C=Cc2ccc(N3N=C(c4ccccc4)CC3c3ccc(-c4ccccc4)cc3)cc2)OC(c2ccccc2)=C1. The third kappa shape index (κ3) is 6.49. The largest absolute Gasteiger partial charge is 0.457 e. The summed E-state index contributed by atoms with van der Waals surface area (Å²) >= 11 is 0. The lowest BCUT2D eigenvalue weighted by Crippen LogP contribution is -2.18. The van der Waals surface area contributed by atoms with Crippen LogP contribution in [0, 0.1) is 17.9 Å². The molecule has 0 fully saturated rings. The zero-order valence-corrected chi connectivity index (χ0v) is 26.1. The number of anilines is 1. The number of nitriles is 1. The number of ether oxygens (including phenoxy) is 1. The number of allylic oxidation sites excluding steroid dienone is 5. The lowest BCUT2D eigenvalue weighted by atomic mass is 9.96. The van der Waals surface area contributed by atoms with Crippen LogP contribution in [0.2, 0.25) is 0 Å². The molecule has 5 aromatic carbocycles. The number of nitrogens with zero attached hydrogens (tertiary/aromatic N) is 4. The summed E-state index contributed by atoms with van der Waals surface area (Å²) in [7, 11) is 0. The number of benzene rings is 5. The molecule has 2 aliphatic rings. The molecule has 0 radical (unpaired) electrons. The fourth-order valence-electron chi connectivity index (χ4n) is 5.90. The molecule has 48 heavy (non-hydrogen) atoms. The highest BCUT2D eigenvalue weighted by Gasteiger charge is 2.30. The molecule has 7 rings (SSSR count). The molecule has 2 heterocycles. The van der Waals surface area contributed by atoms with Crippen LogP contribution < -0.4 is 5.01 Å². The Morgan fingerprint density at radius 3 is 1.96 bits per heavy atom. The van der Waals surface area contributed by atoms with Gasteiger partial charge in [-0.05, 0) is 63.8 Å². The van der Waals surface area contributed by atoms with Crippen molar-refractivity contribution in [3.8, 4) is 17.2 Å². The van der Waals surface area contributed by atoms with E-state index in [0.29, 0.717) is 17.1 Å². The van der Waals surface area contributed by atoms with Crippen LogP contribution in [0.1, 0.15) is 34.7 Å². The van der Waals surface area contributed by atoms with Gasteiger partial charge < -0.3 is 4.74 Å². The quantitative estimate of drug-likeness (QED) is 0.135. The Bertz CT molecular complexity index is 2150. The molecule has 0 amide bonds. The minimum atomic E-state index is 0.0206. The van der Waals surface area contributed by atoms with Crippen LogP contribution >= 0.6 is 0 Å². The van der Waals surface area contributed by atoms with Crippen LogP contribution in [0.3, 0.4) is 0 Å². The molecular weight excluding hydrogens is 589 g/mol. The monoisotopic (exact) mass is 618 g/mol. The average molecular weight is 619 g/mol. The third-order valence-electron chi connectivity index (χ3n) is 8.38. The van der Waals surface area contributed by atoms with E-state index in [-0.39, 0.29) is 11.7 Å². The Balaban J connectivity index is 1.15. The minimum absolute atomic E-state index is 0.0206. The van der Waals surface area contributed by atoms with Crippen molar-refractivity contribution in [2.75, 3.05) is 5.01 Å². The van der Waals surface area contributed by atoms with Crippen molar-refractivity contribution in [1.29, 1.82) is 5.26 Å². The fourth-order valence-corrected chi connectivity index (χ4v) is 5.90. The van der Waals surface area contributed by atoms with Crippen molar-refractivity contribution >= 4 is 23.2 Å². The van der Waals surface area contributed by atoms with E-state index in [4.69, 9.17) is 16.4 Å². The van der Waals surface area contributed by atoms with Crippen molar-refractivity contribution in [2.24, 2.45) is 5.10 Å². The first-order valence-electron chi connectivity index (χ1n) is 15.7. The second kappa shape index (κ2) is 13.7. The maximum absolute atomic E-state index is 9.53. The molecule has 1 atom stereocenters. The summed E-state index contributed by atoms with van der Waals surface area (Å²) in [5.41, 5.74) is 9.16. The molecule has 5 nitrogen and oxygen atoms in total. The van der Waals surface area contributed by atoms with Crippen molar-refractivity contribution < 1.29 is 4.74 Å². The Hall–Kier alpha value is -6.69. The van der Waals surface area contributed by atoms with Crippen LogP contribution in [0.25, 0.3) is 27.8 Å². The summed E-state index contributed by atoms with van der Waals surface area (Å²) in [6.07, 6.45) is 8.09. The first-order valence-corrected chi connectivity index (χ1v) is 15.7. The van der Waals surface area contributed by atoms with Gasteiger partial charge in [0.2, 0.25) is 0 Å². The highest BCUT2D eigenvalue weighted by Crippen LogP contribution is 2.38. The number of hydrogen-bond acceptors (Lipinski definition) is 4. The van der Waals surface area contributed by atoms with E-state index in [9.17, 15) is 5.26 Å². The van der Waals surface area contributed by atoms with Crippen LogP contribution in [-0.4, -0.2) is 5.71 Å². The Kier molecular flexibility index (Phi) is 8.59. The summed E-state index contributed by atoms with van der Waals surface area (Å²) in [5, 5.41) is 16.8. The van der Waals surface area contributed by atoms with E-state index in [1.807, 2.05) is 60.7 Å². The predicted octanol–water partition coefficient (Wildman–Crippen LogP) is 10.4. The molecule has 0 aliphatic carbocycles. The van der Waals surface area contributed by atoms with Gasteiger partial charge in [0.1, 0.15) is 11.5 Å². The third-order valence-corrected chi connectivity index (χ3v) is 8.38. The van der Waals surface area contributed by atoms with Crippen LogP contribution in [0.4, 0.5) is 5.69 Å². The minimum Gasteiger partial charge on any atom is -0.457 e. The molecule has 1 unspecified atom stereocenters. The standard InChI is InChI=1S/C43H30N4O/c1-45-41(30-44)37-27-39(48-43(28-37)36-15-9-4-10-16-36)26-19-31-17-24-38(25-18-31)47-42(29-40(46-47)34-13-7-3-8-14-34)35-22-20-33(21-23-35)32-11-5-2-6-12-32/h2-28,42H,29H2. The molecule has 0 bridgehead atoms. The normalized spacial score (nSPS) is 16.7. The second-order valence-electron chi connectivity index (χ2n) is 11.4. The van der Waals surface area contributed by atoms with Crippen LogP contribution in [-0.2, 0) is 4.74 Å². The van der Waals surface area contributed by atoms with E-state index in [1.54, 1.807) is 12.2 Å². The van der Waals surface area contributed by atoms with Crippen molar-refractivity contribution in [1.82, 2.24) is 0 Å². The molecule has 5 heteroatoms. The lowest BCUT2D eigenvalue weighted by molar-refractivity contribution is 0.396. The van der Waals surface area contributed by atoms with Crippen molar-refractivity contribution in [3.63, 3.8) is 0 Å². The average Bonchev–Trinajstić information content (AvgIpc) is 3.62. The van der Waals surface area contributed by atoms with E-state index in [1.165, 1.54) is 16.7 Å². The van der Waals surface area contributed by atoms with Gasteiger partial charge in [-0.3, -0.25) is 5.01 Å². The van der Waals surface area contributed by atoms with Gasteiger partial charge in [0.25, 0.3) is 5.70 Å². The summed E-state index contributed by atoms with van der Waals surface area (Å²) in [5.74, 6) is 1.13. The lowest BCUT2D eigenvalue weighted by Gasteiger charge is -2.24. The molecule has 5 aromatic rings.